The van der Waals surface area contributed by atoms with Gasteiger partial charge >= 0.3 is 0 Å². The molecule has 0 radical (unpaired) electrons. The van der Waals surface area contributed by atoms with Crippen LogP contribution in [0, 0.1) is 0 Å². The highest BCUT2D eigenvalue weighted by Crippen LogP contribution is 1.92. The molecule has 4 heteroatoms. The van der Waals surface area contributed by atoms with Crippen LogP contribution in [0.25, 0.3) is 0 Å². The fourth-order valence-electron chi connectivity index (χ4n) is 0.877. The maximum Gasteiger partial charge on any atom is 0.260 e. The molecular formula is C18H44N2O2. The van der Waals surface area contributed by atoms with E-state index < -0.39 is 0 Å². The Morgan fingerprint density at radius 3 is 1.59 bits per heavy atom. The normalized spacial score (nSPS) is 7.05. The van der Waals surface area contributed by atoms with Crippen molar-refractivity contribution >= 4 is 11.6 Å². The molecule has 0 bridgehead atoms. The van der Waals surface area contributed by atoms with Crippen molar-refractivity contribution in [3.8, 4) is 0 Å². The number of hydrogen-bond donors (Lipinski definition) is 1. The molecule has 0 saturated carbocycles. The molecule has 0 aliphatic carbocycles. The lowest BCUT2D eigenvalue weighted by Gasteiger charge is -2.03. The van der Waals surface area contributed by atoms with Crippen molar-refractivity contribution in [1.29, 1.82) is 0 Å². The number of carbonyl (C=O) groups is 1. The molecule has 4 nitrogen and oxygen atoms in total. The highest BCUT2D eigenvalue weighted by Gasteiger charge is 1.99. The molecule has 138 valence electrons. The first kappa shape index (κ1) is 32.8. The molecule has 0 fully saturated rings. The minimum absolute atomic E-state index is 0.0174. The first-order chi connectivity index (χ1) is 10.7. The number of nitrogens with one attached hydrogen (secondary N) is 1. The van der Waals surface area contributed by atoms with Crippen molar-refractivity contribution in [3.63, 3.8) is 0 Å². The summed E-state index contributed by atoms with van der Waals surface area (Å²) in [6.45, 7) is 22.8. The van der Waals surface area contributed by atoms with Crippen molar-refractivity contribution in [2.24, 2.45) is 5.16 Å². The Balaban J connectivity index is -0.000000103. The monoisotopic (exact) mass is 320 g/mol. The summed E-state index contributed by atoms with van der Waals surface area (Å²) in [6.07, 6.45) is 2.67. The number of nitrogens with zero attached hydrogens (tertiary/aromatic N) is 1. The van der Waals surface area contributed by atoms with E-state index in [0.717, 1.165) is 25.0 Å². The Kier molecular flexibility index (Phi) is 63.6. The third kappa shape index (κ3) is 36.4. The van der Waals surface area contributed by atoms with Gasteiger partial charge in [0.15, 0.2) is 6.61 Å². The van der Waals surface area contributed by atoms with E-state index in [-0.39, 0.29) is 12.5 Å². The lowest BCUT2D eigenvalue weighted by molar-refractivity contribution is -0.125. The Labute approximate surface area is 141 Å². The topological polar surface area (TPSA) is 50.7 Å². The van der Waals surface area contributed by atoms with Gasteiger partial charge in [-0.3, -0.25) is 4.79 Å². The van der Waals surface area contributed by atoms with Gasteiger partial charge in [0.2, 0.25) is 0 Å². The van der Waals surface area contributed by atoms with Crippen LogP contribution in [0.3, 0.4) is 0 Å². The van der Waals surface area contributed by atoms with E-state index in [1.807, 2.05) is 76.2 Å². The van der Waals surface area contributed by atoms with Crippen molar-refractivity contribution in [2.45, 2.75) is 95.4 Å². The van der Waals surface area contributed by atoms with Crippen LogP contribution in [0.4, 0.5) is 0 Å². The van der Waals surface area contributed by atoms with Gasteiger partial charge in [-0.25, -0.2) is 0 Å². The van der Waals surface area contributed by atoms with E-state index in [1.54, 1.807) is 0 Å². The summed E-state index contributed by atoms with van der Waals surface area (Å²) in [5, 5.41) is 6.57. The zero-order valence-electron chi connectivity index (χ0n) is 17.3. The maximum absolute atomic E-state index is 11.1. The second-order valence-corrected chi connectivity index (χ2v) is 2.99. The van der Waals surface area contributed by atoms with E-state index >= 15 is 0 Å². The predicted octanol–water partition coefficient (Wildman–Crippen LogP) is 5.81. The highest BCUT2D eigenvalue weighted by atomic mass is 16.6. The number of amides is 1. The average molecular weight is 321 g/mol. The summed E-state index contributed by atoms with van der Waals surface area (Å²) in [4.78, 5) is 16.0. The van der Waals surface area contributed by atoms with Crippen LogP contribution < -0.4 is 5.32 Å². The molecule has 0 aliphatic heterocycles. The fourth-order valence-corrected chi connectivity index (χ4v) is 0.877. The molecule has 0 saturated heterocycles. The standard InChI is InChI=1S/C10H20N2O2.4C2H6/c1-4-7-11-10(13)8-14-12-9(5-2)6-3;4*1-2/h4-8H2,1-3H3,(H,11,13);4*1-2H3. The number of rotatable bonds is 7. The molecule has 0 aromatic heterocycles. The second kappa shape index (κ2) is 42.7. The largest absolute Gasteiger partial charge is 0.386 e. The third-order valence-electron chi connectivity index (χ3n) is 1.78. The Morgan fingerprint density at radius 1 is 0.864 bits per heavy atom. The van der Waals surface area contributed by atoms with Crippen LogP contribution in [0.1, 0.15) is 95.4 Å². The van der Waals surface area contributed by atoms with Crippen LogP contribution in [0.5, 0.6) is 0 Å². The molecule has 0 unspecified atom stereocenters. The van der Waals surface area contributed by atoms with Gasteiger partial charge < -0.3 is 10.2 Å². The van der Waals surface area contributed by atoms with E-state index in [4.69, 9.17) is 4.84 Å². The van der Waals surface area contributed by atoms with Gasteiger partial charge in [-0.1, -0.05) is 81.3 Å². The Bertz CT molecular complexity index is 188. The summed E-state index contributed by atoms with van der Waals surface area (Å²) >= 11 is 0. The molecule has 0 atom stereocenters. The second-order valence-electron chi connectivity index (χ2n) is 2.99. The number of oxime groups is 1. The van der Waals surface area contributed by atoms with Gasteiger partial charge in [0.05, 0.1) is 5.71 Å². The van der Waals surface area contributed by atoms with Crippen molar-refractivity contribution < 1.29 is 9.63 Å². The Morgan fingerprint density at radius 2 is 1.27 bits per heavy atom. The summed E-state index contributed by atoms with van der Waals surface area (Å²) < 4.78 is 0. The van der Waals surface area contributed by atoms with Gasteiger partial charge in [0.1, 0.15) is 0 Å². The van der Waals surface area contributed by atoms with Gasteiger partial charge in [-0.15, -0.1) is 0 Å². The molecule has 0 aromatic rings. The molecule has 1 amide bonds. The van der Waals surface area contributed by atoms with Gasteiger partial charge in [0, 0.05) is 6.54 Å². The molecule has 22 heavy (non-hydrogen) atoms. The zero-order valence-corrected chi connectivity index (χ0v) is 17.3. The van der Waals surface area contributed by atoms with Crippen molar-refractivity contribution in [2.75, 3.05) is 13.2 Å². The van der Waals surface area contributed by atoms with E-state index in [0.29, 0.717) is 6.54 Å². The minimum atomic E-state index is -0.109. The van der Waals surface area contributed by atoms with Crippen LogP contribution >= 0.6 is 0 Å². The van der Waals surface area contributed by atoms with Gasteiger partial charge in [0.25, 0.3) is 5.91 Å². The van der Waals surface area contributed by atoms with E-state index in [2.05, 4.69) is 10.5 Å². The summed E-state index contributed by atoms with van der Waals surface area (Å²) in [5.74, 6) is -0.109. The van der Waals surface area contributed by atoms with Crippen LogP contribution in [-0.2, 0) is 9.63 Å². The molecule has 0 heterocycles. The third-order valence-corrected chi connectivity index (χ3v) is 1.78. The number of hydrogen-bond acceptors (Lipinski definition) is 3. The first-order valence-electron chi connectivity index (χ1n) is 9.18. The van der Waals surface area contributed by atoms with Crippen molar-refractivity contribution in [3.05, 3.63) is 0 Å². The lowest BCUT2D eigenvalue weighted by atomic mass is 10.2. The van der Waals surface area contributed by atoms with Crippen LogP contribution in [0.2, 0.25) is 0 Å². The number of carbonyl (C=O) groups excluding carboxylic acids is 1. The molecular weight excluding hydrogens is 276 g/mol. The van der Waals surface area contributed by atoms with Crippen LogP contribution in [0.15, 0.2) is 5.16 Å². The van der Waals surface area contributed by atoms with E-state index in [9.17, 15) is 4.79 Å². The molecule has 0 spiro atoms. The van der Waals surface area contributed by atoms with Crippen molar-refractivity contribution in [1.82, 2.24) is 5.32 Å². The van der Waals surface area contributed by atoms with Crippen LogP contribution in [-0.4, -0.2) is 24.8 Å². The summed E-state index contributed by atoms with van der Waals surface area (Å²) in [6, 6.07) is 0. The molecule has 0 rings (SSSR count). The highest BCUT2D eigenvalue weighted by molar-refractivity contribution is 5.83. The zero-order chi connectivity index (χ0) is 18.8. The lowest BCUT2D eigenvalue weighted by Crippen LogP contribution is -2.27. The molecule has 0 aromatic carbocycles. The fraction of sp³-hybridized carbons (Fsp3) is 0.889. The summed E-state index contributed by atoms with van der Waals surface area (Å²) in [5.41, 5.74) is 0.980. The smallest absolute Gasteiger partial charge is 0.260 e. The minimum Gasteiger partial charge on any atom is -0.386 e. The van der Waals surface area contributed by atoms with Gasteiger partial charge in [-0.05, 0) is 19.3 Å². The molecule has 0 aliphatic rings. The quantitative estimate of drug-likeness (QED) is 0.475. The molecule has 1 N–H and O–H groups in total. The maximum atomic E-state index is 11.1. The Hall–Kier alpha value is -1.06. The first-order valence-corrected chi connectivity index (χ1v) is 9.18. The predicted molar refractivity (Wildman–Crippen MR) is 103 cm³/mol. The van der Waals surface area contributed by atoms with E-state index in [1.165, 1.54) is 0 Å². The SMILES string of the molecule is CC.CC.CC.CC.CCCNC(=O)CON=C(CC)CC. The van der Waals surface area contributed by atoms with Gasteiger partial charge in [-0.2, -0.15) is 0 Å². The summed E-state index contributed by atoms with van der Waals surface area (Å²) in [7, 11) is 0. The average Bonchev–Trinajstić information content (AvgIpc) is 2.63.